The summed E-state index contributed by atoms with van der Waals surface area (Å²) in [5.41, 5.74) is 1.10. The van der Waals surface area contributed by atoms with Crippen LogP contribution >= 0.6 is 0 Å². The van der Waals surface area contributed by atoms with Gasteiger partial charge in [0.15, 0.2) is 0 Å². The minimum atomic E-state index is 0.311. The molecule has 4 heteroatoms. The molecule has 1 aromatic heterocycles. The van der Waals surface area contributed by atoms with E-state index >= 15 is 0 Å². The molecule has 0 aromatic carbocycles. The quantitative estimate of drug-likeness (QED) is 0.743. The molecule has 4 nitrogen and oxygen atoms in total. The van der Waals surface area contributed by atoms with Crippen LogP contribution < -0.4 is 5.32 Å². The van der Waals surface area contributed by atoms with E-state index in [1.807, 2.05) is 17.9 Å². The first-order valence-corrected chi connectivity index (χ1v) is 5.49. The van der Waals surface area contributed by atoms with Crippen LogP contribution in [0.3, 0.4) is 0 Å². The van der Waals surface area contributed by atoms with Gasteiger partial charge in [-0.15, -0.1) is 0 Å². The lowest BCUT2D eigenvalue weighted by atomic mass is 10.1. The largest absolute Gasteiger partial charge is 0.385 e. The Morgan fingerprint density at radius 3 is 2.93 bits per heavy atom. The SMILES string of the molecule is CCCNC(CCOC)c1ccn(C)n1. The zero-order valence-corrected chi connectivity index (χ0v) is 9.86. The number of aryl methyl sites for hydroxylation is 1. The van der Waals surface area contributed by atoms with Crippen LogP contribution in [0.5, 0.6) is 0 Å². The predicted molar refractivity (Wildman–Crippen MR) is 60.7 cm³/mol. The van der Waals surface area contributed by atoms with Crippen molar-refractivity contribution in [2.24, 2.45) is 7.05 Å². The van der Waals surface area contributed by atoms with E-state index in [1.165, 1.54) is 0 Å². The molecule has 0 aliphatic carbocycles. The van der Waals surface area contributed by atoms with Gasteiger partial charge >= 0.3 is 0 Å². The fourth-order valence-electron chi connectivity index (χ4n) is 1.53. The van der Waals surface area contributed by atoms with E-state index in [9.17, 15) is 0 Å². The lowest BCUT2D eigenvalue weighted by Gasteiger charge is -2.15. The summed E-state index contributed by atoms with van der Waals surface area (Å²) in [5.74, 6) is 0. The van der Waals surface area contributed by atoms with Gasteiger partial charge in [-0.1, -0.05) is 6.92 Å². The molecule has 0 aliphatic heterocycles. The minimum Gasteiger partial charge on any atom is -0.385 e. The van der Waals surface area contributed by atoms with E-state index in [-0.39, 0.29) is 0 Å². The van der Waals surface area contributed by atoms with Gasteiger partial charge in [0.1, 0.15) is 0 Å². The van der Waals surface area contributed by atoms with Gasteiger partial charge in [-0.25, -0.2) is 0 Å². The normalized spacial score (nSPS) is 13.0. The molecule has 0 aliphatic rings. The average Bonchev–Trinajstić information content (AvgIpc) is 2.65. The Labute approximate surface area is 91.6 Å². The van der Waals surface area contributed by atoms with Crippen LogP contribution in [0.15, 0.2) is 12.3 Å². The van der Waals surface area contributed by atoms with Crippen molar-refractivity contribution in [1.29, 1.82) is 0 Å². The van der Waals surface area contributed by atoms with Crippen molar-refractivity contribution in [3.63, 3.8) is 0 Å². The van der Waals surface area contributed by atoms with Crippen molar-refractivity contribution in [3.05, 3.63) is 18.0 Å². The van der Waals surface area contributed by atoms with Gasteiger partial charge < -0.3 is 10.1 Å². The summed E-state index contributed by atoms with van der Waals surface area (Å²) in [5, 5.41) is 7.89. The lowest BCUT2D eigenvalue weighted by Crippen LogP contribution is -2.24. The second kappa shape index (κ2) is 6.58. The summed E-state index contributed by atoms with van der Waals surface area (Å²) in [4.78, 5) is 0. The Bertz CT molecular complexity index is 265. The van der Waals surface area contributed by atoms with Crippen molar-refractivity contribution in [2.75, 3.05) is 20.3 Å². The molecule has 0 bridgehead atoms. The van der Waals surface area contributed by atoms with Crippen molar-refractivity contribution in [1.82, 2.24) is 15.1 Å². The van der Waals surface area contributed by atoms with Gasteiger partial charge in [0, 0.05) is 27.0 Å². The topological polar surface area (TPSA) is 39.1 Å². The van der Waals surface area contributed by atoms with Crippen LogP contribution in [0.4, 0.5) is 0 Å². The summed E-state index contributed by atoms with van der Waals surface area (Å²) < 4.78 is 6.94. The van der Waals surface area contributed by atoms with Gasteiger partial charge in [0.25, 0.3) is 0 Å². The fourth-order valence-corrected chi connectivity index (χ4v) is 1.53. The van der Waals surface area contributed by atoms with Gasteiger partial charge in [-0.05, 0) is 25.5 Å². The number of methoxy groups -OCH3 is 1. The third-order valence-electron chi connectivity index (χ3n) is 2.34. The molecular weight excluding hydrogens is 190 g/mol. The Balaban J connectivity index is 2.54. The Hall–Kier alpha value is -0.870. The van der Waals surface area contributed by atoms with E-state index in [4.69, 9.17) is 4.74 Å². The molecule has 86 valence electrons. The Morgan fingerprint density at radius 2 is 2.40 bits per heavy atom. The Morgan fingerprint density at radius 1 is 1.60 bits per heavy atom. The first kappa shape index (κ1) is 12.2. The Kier molecular flexibility index (Phi) is 5.36. The highest BCUT2D eigenvalue weighted by molar-refractivity contribution is 5.05. The predicted octanol–water partition coefficient (Wildman–Crippen LogP) is 1.50. The molecule has 1 heterocycles. The molecule has 1 atom stereocenters. The summed E-state index contributed by atoms with van der Waals surface area (Å²) >= 11 is 0. The second-order valence-corrected chi connectivity index (χ2v) is 3.70. The van der Waals surface area contributed by atoms with Crippen LogP contribution in [0.2, 0.25) is 0 Å². The number of aromatic nitrogens is 2. The molecule has 0 fully saturated rings. The first-order chi connectivity index (χ1) is 7.27. The molecule has 15 heavy (non-hydrogen) atoms. The van der Waals surface area contributed by atoms with Gasteiger partial charge in [-0.2, -0.15) is 5.10 Å². The highest BCUT2D eigenvalue weighted by Gasteiger charge is 2.12. The molecule has 0 saturated carbocycles. The molecule has 1 rings (SSSR count). The van der Waals surface area contributed by atoms with Crippen LogP contribution in [-0.2, 0) is 11.8 Å². The zero-order valence-electron chi connectivity index (χ0n) is 9.86. The number of ether oxygens (including phenoxy) is 1. The number of nitrogens with zero attached hydrogens (tertiary/aromatic N) is 2. The van der Waals surface area contributed by atoms with Crippen LogP contribution in [0, 0.1) is 0 Å². The molecule has 0 amide bonds. The summed E-state index contributed by atoms with van der Waals surface area (Å²) in [7, 11) is 3.67. The van der Waals surface area contributed by atoms with Gasteiger partial charge in [-0.3, -0.25) is 4.68 Å². The first-order valence-electron chi connectivity index (χ1n) is 5.49. The highest BCUT2D eigenvalue weighted by atomic mass is 16.5. The monoisotopic (exact) mass is 211 g/mol. The van der Waals surface area contributed by atoms with Crippen LogP contribution in [-0.4, -0.2) is 30.0 Å². The third-order valence-corrected chi connectivity index (χ3v) is 2.34. The molecule has 0 spiro atoms. The third kappa shape index (κ3) is 4.01. The van der Waals surface area contributed by atoms with Gasteiger partial charge in [0.2, 0.25) is 0 Å². The summed E-state index contributed by atoms with van der Waals surface area (Å²) in [6.45, 7) is 3.95. The second-order valence-electron chi connectivity index (χ2n) is 3.70. The lowest BCUT2D eigenvalue weighted by molar-refractivity contribution is 0.182. The minimum absolute atomic E-state index is 0.311. The van der Waals surface area contributed by atoms with Crippen molar-refractivity contribution >= 4 is 0 Å². The van der Waals surface area contributed by atoms with E-state index in [2.05, 4.69) is 23.4 Å². The molecule has 0 radical (unpaired) electrons. The maximum Gasteiger partial charge on any atom is 0.0794 e. The average molecular weight is 211 g/mol. The molecule has 1 unspecified atom stereocenters. The number of hydrogen-bond donors (Lipinski definition) is 1. The van der Waals surface area contributed by atoms with Crippen molar-refractivity contribution in [3.8, 4) is 0 Å². The standard InChI is InChI=1S/C11H21N3O/c1-4-7-12-10(6-9-15-3)11-5-8-14(2)13-11/h5,8,10,12H,4,6-7,9H2,1-3H3. The highest BCUT2D eigenvalue weighted by Crippen LogP contribution is 2.14. The molecule has 0 saturated heterocycles. The van der Waals surface area contributed by atoms with Gasteiger partial charge in [0.05, 0.1) is 11.7 Å². The number of nitrogens with one attached hydrogen (secondary N) is 1. The van der Waals surface area contributed by atoms with E-state index in [0.29, 0.717) is 6.04 Å². The van der Waals surface area contributed by atoms with Crippen LogP contribution in [0.25, 0.3) is 0 Å². The fraction of sp³-hybridized carbons (Fsp3) is 0.727. The maximum atomic E-state index is 5.11. The molecule has 1 aromatic rings. The zero-order chi connectivity index (χ0) is 11.1. The molecule has 1 N–H and O–H groups in total. The summed E-state index contributed by atoms with van der Waals surface area (Å²) in [6, 6.07) is 2.37. The van der Waals surface area contributed by atoms with E-state index in [0.717, 1.165) is 31.7 Å². The molecular formula is C11H21N3O. The van der Waals surface area contributed by atoms with E-state index in [1.54, 1.807) is 7.11 Å². The number of hydrogen-bond acceptors (Lipinski definition) is 3. The van der Waals surface area contributed by atoms with Crippen molar-refractivity contribution in [2.45, 2.75) is 25.8 Å². The van der Waals surface area contributed by atoms with E-state index < -0.39 is 0 Å². The van der Waals surface area contributed by atoms with Crippen molar-refractivity contribution < 1.29 is 4.74 Å². The number of rotatable bonds is 7. The smallest absolute Gasteiger partial charge is 0.0794 e. The summed E-state index contributed by atoms with van der Waals surface area (Å²) in [6.07, 6.45) is 4.08. The van der Waals surface area contributed by atoms with Crippen LogP contribution in [0.1, 0.15) is 31.5 Å². The maximum absolute atomic E-state index is 5.11.